The highest BCUT2D eigenvalue weighted by molar-refractivity contribution is 7.09. The van der Waals surface area contributed by atoms with Crippen molar-refractivity contribution in [3.63, 3.8) is 0 Å². The molecule has 0 radical (unpaired) electrons. The van der Waals surface area contributed by atoms with Gasteiger partial charge in [-0.3, -0.25) is 4.90 Å². The second-order valence-corrected chi connectivity index (χ2v) is 8.39. The zero-order valence-corrected chi connectivity index (χ0v) is 18.6. The van der Waals surface area contributed by atoms with Gasteiger partial charge in [-0.15, -0.1) is 36.2 Å². The van der Waals surface area contributed by atoms with Gasteiger partial charge < -0.3 is 11.0 Å². The molecule has 1 aliphatic heterocycles. The number of likely N-dealkylation sites (tertiary alicyclic amines) is 1. The number of halogens is 2. The van der Waals surface area contributed by atoms with Gasteiger partial charge in [-0.25, -0.2) is 4.98 Å². The van der Waals surface area contributed by atoms with Gasteiger partial charge in [0.1, 0.15) is 0 Å². The SMILES string of the molecule is C1=CCC2=c3nc(CC4CCN(Cc5ccccc5)C4)sc3=CC2=C1.Cl.Cl.O.O. The Kier molecular flexibility index (Phi) is 9.76. The molecule has 2 aliphatic carbocycles. The third-order valence-corrected chi connectivity index (χ3v) is 6.46. The van der Waals surface area contributed by atoms with Crippen molar-refractivity contribution in [3.05, 3.63) is 74.6 Å². The number of thiazole rings is 1. The lowest BCUT2D eigenvalue weighted by Gasteiger charge is -2.15. The van der Waals surface area contributed by atoms with Crippen LogP contribution in [-0.2, 0) is 13.0 Å². The molecule has 4 nitrogen and oxygen atoms in total. The van der Waals surface area contributed by atoms with E-state index in [4.69, 9.17) is 4.98 Å². The van der Waals surface area contributed by atoms with Crippen molar-refractivity contribution in [3.8, 4) is 0 Å². The van der Waals surface area contributed by atoms with Crippen LogP contribution in [-0.4, -0.2) is 33.9 Å². The molecular formula is C22H28Cl2N2O2S. The maximum absolute atomic E-state index is 5.00. The average molecular weight is 455 g/mol. The van der Waals surface area contributed by atoms with Crippen molar-refractivity contribution in [2.45, 2.75) is 25.8 Å². The minimum absolute atomic E-state index is 0. The molecule has 5 rings (SSSR count). The number of fused-ring (bicyclic) bond motifs is 2. The van der Waals surface area contributed by atoms with Crippen LogP contribution in [0, 0.1) is 5.92 Å². The van der Waals surface area contributed by atoms with E-state index < -0.39 is 0 Å². The van der Waals surface area contributed by atoms with E-state index in [1.54, 1.807) is 0 Å². The van der Waals surface area contributed by atoms with Crippen LogP contribution in [0.5, 0.6) is 0 Å². The number of benzene rings is 1. The second kappa shape index (κ2) is 11.1. The first kappa shape index (κ1) is 25.6. The van der Waals surface area contributed by atoms with Crippen LogP contribution >= 0.6 is 36.2 Å². The van der Waals surface area contributed by atoms with Crippen molar-refractivity contribution in [1.29, 1.82) is 0 Å². The first-order valence-electron chi connectivity index (χ1n) is 9.19. The molecule has 4 N–H and O–H groups in total. The number of rotatable bonds is 4. The minimum Gasteiger partial charge on any atom is -0.412 e. The molecule has 7 heteroatoms. The van der Waals surface area contributed by atoms with Crippen LogP contribution < -0.4 is 9.88 Å². The molecule has 1 saturated heterocycles. The highest BCUT2D eigenvalue weighted by Crippen LogP contribution is 2.25. The second-order valence-electron chi connectivity index (χ2n) is 7.28. The van der Waals surface area contributed by atoms with Crippen molar-refractivity contribution >= 4 is 47.8 Å². The Morgan fingerprint density at radius 1 is 1.10 bits per heavy atom. The van der Waals surface area contributed by atoms with Gasteiger partial charge in [0.15, 0.2) is 0 Å². The fraction of sp³-hybridized carbons (Fsp3) is 0.318. The molecule has 1 atom stereocenters. The van der Waals surface area contributed by atoms with Crippen molar-refractivity contribution in [2.75, 3.05) is 13.1 Å². The van der Waals surface area contributed by atoms with Crippen LogP contribution in [0.15, 0.2) is 54.1 Å². The predicted octanol–water partition coefficient (Wildman–Crippen LogP) is 2.23. The number of nitrogens with zero attached hydrogens (tertiary/aromatic N) is 2. The summed E-state index contributed by atoms with van der Waals surface area (Å²) in [7, 11) is 0. The summed E-state index contributed by atoms with van der Waals surface area (Å²) in [5, 5.41) is 2.59. The number of aromatic nitrogens is 1. The summed E-state index contributed by atoms with van der Waals surface area (Å²) in [4.78, 5) is 7.60. The van der Waals surface area contributed by atoms with Crippen molar-refractivity contribution < 1.29 is 11.0 Å². The van der Waals surface area contributed by atoms with Crippen LogP contribution in [0.4, 0.5) is 0 Å². The average Bonchev–Trinajstić information content (AvgIpc) is 3.31. The van der Waals surface area contributed by atoms with E-state index in [1.807, 2.05) is 11.3 Å². The van der Waals surface area contributed by atoms with Gasteiger partial charge in [-0.05, 0) is 48.1 Å². The van der Waals surface area contributed by atoms with Gasteiger partial charge in [-0.2, -0.15) is 0 Å². The van der Waals surface area contributed by atoms with Gasteiger partial charge in [0.05, 0.1) is 14.9 Å². The van der Waals surface area contributed by atoms with E-state index in [0.717, 1.165) is 25.3 Å². The summed E-state index contributed by atoms with van der Waals surface area (Å²) in [5.41, 5.74) is 4.22. The van der Waals surface area contributed by atoms with E-state index >= 15 is 0 Å². The van der Waals surface area contributed by atoms with Crippen molar-refractivity contribution in [1.82, 2.24) is 9.88 Å². The zero-order valence-electron chi connectivity index (χ0n) is 16.1. The molecular weight excluding hydrogens is 427 g/mol. The first-order valence-corrected chi connectivity index (χ1v) is 10.0. The normalized spacial score (nSPS) is 18.8. The largest absolute Gasteiger partial charge is 0.412 e. The molecule has 158 valence electrons. The van der Waals surface area contributed by atoms with E-state index in [-0.39, 0.29) is 35.8 Å². The molecule has 0 spiro atoms. The summed E-state index contributed by atoms with van der Waals surface area (Å²) in [6, 6.07) is 10.8. The maximum atomic E-state index is 5.00. The standard InChI is InChI=1S/C22H22N2S.2ClH.2H2O/c1-2-6-16(7-3-1)14-24-11-10-17(15-24)12-21-23-22-19-9-5-4-8-18(19)13-20(22)25-21;;;;/h1-8,13,17H,9-12,14-15H2;2*1H;2*1H2. The Morgan fingerprint density at radius 3 is 2.69 bits per heavy atom. The molecule has 0 bridgehead atoms. The summed E-state index contributed by atoms with van der Waals surface area (Å²) in [5.74, 6) is 0.751. The summed E-state index contributed by atoms with van der Waals surface area (Å²) in [6.45, 7) is 3.50. The molecule has 2 aromatic rings. The fourth-order valence-corrected chi connectivity index (χ4v) is 5.34. The molecule has 3 aliphatic rings. The number of hydrogen-bond acceptors (Lipinski definition) is 3. The number of allylic oxidation sites excluding steroid dienone is 4. The summed E-state index contributed by atoms with van der Waals surface area (Å²) < 4.78 is 1.37. The fourth-order valence-electron chi connectivity index (χ4n) is 4.18. The Bertz CT molecular complexity index is 986. The molecule has 29 heavy (non-hydrogen) atoms. The lowest BCUT2D eigenvalue weighted by Crippen LogP contribution is -2.21. The predicted molar refractivity (Wildman–Crippen MR) is 126 cm³/mol. The maximum Gasteiger partial charge on any atom is 0.0942 e. The van der Waals surface area contributed by atoms with E-state index in [1.165, 1.54) is 51.1 Å². The van der Waals surface area contributed by atoms with E-state index in [2.05, 4.69) is 59.5 Å². The molecule has 2 heterocycles. The van der Waals surface area contributed by atoms with Gasteiger partial charge in [0, 0.05) is 19.5 Å². The topological polar surface area (TPSA) is 79.1 Å². The Morgan fingerprint density at radius 2 is 1.90 bits per heavy atom. The van der Waals surface area contributed by atoms with Crippen LogP contribution in [0.25, 0.3) is 11.6 Å². The van der Waals surface area contributed by atoms with Crippen molar-refractivity contribution in [2.24, 2.45) is 5.92 Å². The van der Waals surface area contributed by atoms with Gasteiger partial charge >= 0.3 is 0 Å². The Balaban J connectivity index is 0.00000105. The smallest absolute Gasteiger partial charge is 0.0942 e. The molecule has 1 aromatic carbocycles. The van der Waals surface area contributed by atoms with Crippen LogP contribution in [0.1, 0.15) is 23.4 Å². The van der Waals surface area contributed by atoms with Gasteiger partial charge in [-0.1, -0.05) is 48.6 Å². The molecule has 1 unspecified atom stereocenters. The summed E-state index contributed by atoms with van der Waals surface area (Å²) in [6.07, 6.45) is 12.4. The van der Waals surface area contributed by atoms with Gasteiger partial charge in [0.25, 0.3) is 0 Å². The molecule has 1 fully saturated rings. The summed E-state index contributed by atoms with van der Waals surface area (Å²) >= 11 is 1.91. The zero-order chi connectivity index (χ0) is 16.6. The minimum atomic E-state index is 0. The highest BCUT2D eigenvalue weighted by Gasteiger charge is 2.24. The third-order valence-electron chi connectivity index (χ3n) is 5.43. The molecule has 1 aromatic heterocycles. The molecule has 0 saturated carbocycles. The quantitative estimate of drug-likeness (QED) is 0.709. The van der Waals surface area contributed by atoms with Crippen LogP contribution in [0.2, 0.25) is 0 Å². The number of hydrogen-bond donors (Lipinski definition) is 0. The van der Waals surface area contributed by atoms with Gasteiger partial charge in [0.2, 0.25) is 0 Å². The first-order chi connectivity index (χ1) is 12.3. The monoisotopic (exact) mass is 454 g/mol. The Hall–Kier alpha value is -1.47. The lowest BCUT2D eigenvalue weighted by molar-refractivity contribution is 0.316. The third kappa shape index (κ3) is 5.37. The van der Waals surface area contributed by atoms with E-state index in [0.29, 0.717) is 0 Å². The van der Waals surface area contributed by atoms with E-state index in [9.17, 15) is 0 Å². The highest BCUT2D eigenvalue weighted by atomic mass is 35.5. The Labute approximate surface area is 187 Å². The lowest BCUT2D eigenvalue weighted by atomic mass is 10.0. The molecule has 0 amide bonds. The van der Waals surface area contributed by atoms with Crippen LogP contribution in [0.3, 0.4) is 0 Å².